The van der Waals surface area contributed by atoms with E-state index in [1.54, 1.807) is 0 Å². The van der Waals surface area contributed by atoms with Gasteiger partial charge in [0, 0.05) is 5.69 Å². The third-order valence-electron chi connectivity index (χ3n) is 3.54. The minimum Gasteiger partial charge on any atom is -0.394 e. The van der Waals surface area contributed by atoms with Gasteiger partial charge in [0.25, 0.3) is 0 Å². The molecule has 140 valence electrons. The quantitative estimate of drug-likeness (QED) is 0.683. The topological polar surface area (TPSA) is 95.5 Å². The van der Waals surface area contributed by atoms with Gasteiger partial charge in [0.1, 0.15) is 0 Å². The Kier molecular flexibility index (Phi) is 6.64. The molecule has 0 spiro atoms. The first kappa shape index (κ1) is 19.8. The van der Waals surface area contributed by atoms with E-state index in [-0.39, 0.29) is 12.3 Å². The first-order valence-corrected chi connectivity index (χ1v) is 9.22. The van der Waals surface area contributed by atoms with Gasteiger partial charge in [-0.15, -0.1) is 0 Å². The third-order valence-corrected chi connectivity index (χ3v) is 4.92. The van der Waals surface area contributed by atoms with Crippen molar-refractivity contribution < 1.29 is 27.1 Å². The Balaban J connectivity index is 2.03. The van der Waals surface area contributed by atoms with E-state index in [1.165, 1.54) is 12.1 Å². The van der Waals surface area contributed by atoms with E-state index in [4.69, 9.17) is 0 Å². The summed E-state index contributed by atoms with van der Waals surface area (Å²) >= 11 is 0. The number of anilines is 1. The Bertz CT molecular complexity index is 845. The highest BCUT2D eigenvalue weighted by molar-refractivity contribution is 7.91. The molecule has 3 N–H and O–H groups in total. The highest BCUT2D eigenvalue weighted by atomic mass is 32.2. The fourth-order valence-electron chi connectivity index (χ4n) is 2.27. The van der Waals surface area contributed by atoms with Gasteiger partial charge in [-0.05, 0) is 30.2 Å². The molecule has 1 unspecified atom stereocenters. The average Bonchev–Trinajstić information content (AvgIpc) is 2.62. The lowest BCUT2D eigenvalue weighted by Crippen LogP contribution is -2.41. The molecule has 2 rings (SSSR count). The van der Waals surface area contributed by atoms with Crippen molar-refractivity contribution >= 4 is 21.6 Å². The van der Waals surface area contributed by atoms with E-state index < -0.39 is 32.6 Å². The molecule has 0 aromatic heterocycles. The molecule has 0 aliphatic rings. The minimum absolute atomic E-state index is 0.0422. The van der Waals surface area contributed by atoms with Crippen molar-refractivity contribution in [1.29, 1.82) is 0 Å². The fourth-order valence-corrected chi connectivity index (χ4v) is 3.03. The average molecular weight is 384 g/mol. The van der Waals surface area contributed by atoms with Crippen molar-refractivity contribution in [2.75, 3.05) is 11.9 Å². The zero-order valence-electron chi connectivity index (χ0n) is 13.6. The molecule has 9 heteroatoms. The van der Waals surface area contributed by atoms with E-state index >= 15 is 0 Å². The highest BCUT2D eigenvalue weighted by Crippen LogP contribution is 2.21. The van der Waals surface area contributed by atoms with Crippen LogP contribution in [0.25, 0.3) is 0 Å². The van der Waals surface area contributed by atoms with Gasteiger partial charge < -0.3 is 15.7 Å². The number of carbonyl (C=O) groups is 1. The lowest BCUT2D eigenvalue weighted by Gasteiger charge is -2.17. The maximum Gasteiger partial charge on any atom is 0.341 e. The molecule has 0 heterocycles. The van der Waals surface area contributed by atoms with Gasteiger partial charge in [0.05, 0.1) is 17.5 Å². The van der Waals surface area contributed by atoms with Crippen LogP contribution in [0.15, 0.2) is 59.5 Å². The second-order valence-corrected chi connectivity index (χ2v) is 7.42. The molecule has 26 heavy (non-hydrogen) atoms. The maximum atomic E-state index is 12.6. The van der Waals surface area contributed by atoms with Crippen LogP contribution in [0.2, 0.25) is 0 Å². The van der Waals surface area contributed by atoms with Gasteiger partial charge in [-0.1, -0.05) is 36.4 Å². The standard InChI is InChI=1S/C17H18F2N2O4S/c18-16(19)26(24,25)15-8-4-7-13(10-15)20-17(23)21-14(11-22)9-12-5-2-1-3-6-12/h1-8,10,14,16,22H,9,11H2,(H2,20,21,23). The number of alkyl halides is 2. The molecule has 6 nitrogen and oxygen atoms in total. The summed E-state index contributed by atoms with van der Waals surface area (Å²) in [6.45, 7) is -0.303. The molecule has 2 aromatic carbocycles. The largest absolute Gasteiger partial charge is 0.394 e. The number of hydrogen-bond donors (Lipinski definition) is 3. The minimum atomic E-state index is -4.75. The second kappa shape index (κ2) is 8.72. The van der Waals surface area contributed by atoms with Gasteiger partial charge in [-0.25, -0.2) is 13.2 Å². The number of carbonyl (C=O) groups excluding carboxylic acids is 1. The predicted molar refractivity (Wildman–Crippen MR) is 92.8 cm³/mol. The normalized spacial score (nSPS) is 12.6. The second-order valence-electron chi connectivity index (χ2n) is 5.50. The number of amides is 2. The number of aliphatic hydroxyl groups excluding tert-OH is 1. The molecule has 0 aliphatic heterocycles. The van der Waals surface area contributed by atoms with Gasteiger partial charge >= 0.3 is 11.8 Å². The van der Waals surface area contributed by atoms with Gasteiger partial charge in [0.15, 0.2) is 0 Å². The molecule has 0 radical (unpaired) electrons. The number of benzene rings is 2. The van der Waals surface area contributed by atoms with Crippen molar-refractivity contribution in [3.63, 3.8) is 0 Å². The maximum absolute atomic E-state index is 12.6. The van der Waals surface area contributed by atoms with E-state index in [9.17, 15) is 27.1 Å². The molecular weight excluding hydrogens is 366 g/mol. The van der Waals surface area contributed by atoms with Gasteiger partial charge in [-0.3, -0.25) is 0 Å². The molecule has 2 amide bonds. The van der Waals surface area contributed by atoms with Crippen molar-refractivity contribution in [2.45, 2.75) is 23.1 Å². The van der Waals surface area contributed by atoms with Crippen LogP contribution in [0.4, 0.5) is 19.3 Å². The Morgan fingerprint density at radius 3 is 2.38 bits per heavy atom. The summed E-state index contributed by atoms with van der Waals surface area (Å²) in [7, 11) is -4.75. The Morgan fingerprint density at radius 2 is 1.77 bits per heavy atom. The monoisotopic (exact) mass is 384 g/mol. The van der Waals surface area contributed by atoms with Crippen LogP contribution in [0.5, 0.6) is 0 Å². The molecule has 0 fully saturated rings. The summed E-state index contributed by atoms with van der Waals surface area (Å²) in [5.41, 5.74) is 0.956. The van der Waals surface area contributed by atoms with E-state index in [0.717, 1.165) is 17.7 Å². The van der Waals surface area contributed by atoms with E-state index in [1.807, 2.05) is 30.3 Å². The lowest BCUT2D eigenvalue weighted by molar-refractivity contribution is 0.224. The SMILES string of the molecule is O=C(Nc1cccc(S(=O)(=O)C(F)F)c1)NC(CO)Cc1ccccc1. The number of hydrogen-bond acceptors (Lipinski definition) is 4. The third kappa shape index (κ3) is 5.24. The van der Waals surface area contributed by atoms with Crippen molar-refractivity contribution in [1.82, 2.24) is 5.32 Å². The van der Waals surface area contributed by atoms with Gasteiger partial charge in [-0.2, -0.15) is 8.78 Å². The fraction of sp³-hybridized carbons (Fsp3) is 0.235. The lowest BCUT2D eigenvalue weighted by atomic mass is 10.1. The zero-order valence-corrected chi connectivity index (χ0v) is 14.4. The molecular formula is C17H18F2N2O4S. The highest BCUT2D eigenvalue weighted by Gasteiger charge is 2.26. The number of sulfone groups is 1. The summed E-state index contributed by atoms with van der Waals surface area (Å²) in [4.78, 5) is 11.4. The van der Waals surface area contributed by atoms with Crippen LogP contribution in [-0.2, 0) is 16.3 Å². The predicted octanol–water partition coefficient (Wildman–Crippen LogP) is 2.41. The molecule has 2 aromatic rings. The van der Waals surface area contributed by atoms with Crippen molar-refractivity contribution in [2.24, 2.45) is 0 Å². The van der Waals surface area contributed by atoms with E-state index in [2.05, 4.69) is 10.6 Å². The molecule has 1 atom stereocenters. The van der Waals surface area contributed by atoms with Crippen LogP contribution in [0, 0.1) is 0 Å². The zero-order chi connectivity index (χ0) is 19.2. The smallest absolute Gasteiger partial charge is 0.341 e. The van der Waals surface area contributed by atoms with Crippen molar-refractivity contribution in [3.05, 3.63) is 60.2 Å². The van der Waals surface area contributed by atoms with Crippen molar-refractivity contribution in [3.8, 4) is 0 Å². The summed E-state index contributed by atoms with van der Waals surface area (Å²) in [5.74, 6) is -3.55. The van der Waals surface area contributed by atoms with Crippen LogP contribution in [0.3, 0.4) is 0 Å². The van der Waals surface area contributed by atoms with E-state index in [0.29, 0.717) is 6.42 Å². The van der Waals surface area contributed by atoms with Crippen LogP contribution in [0.1, 0.15) is 5.56 Å². The van der Waals surface area contributed by atoms with Crippen LogP contribution in [-0.4, -0.2) is 38.0 Å². The Labute approximate surface area is 149 Å². The van der Waals surface area contributed by atoms with Gasteiger partial charge in [0.2, 0.25) is 9.84 Å². The summed E-state index contributed by atoms with van der Waals surface area (Å²) in [5, 5.41) is 14.3. The number of nitrogens with one attached hydrogen (secondary N) is 2. The molecule has 0 saturated heterocycles. The Morgan fingerprint density at radius 1 is 1.08 bits per heavy atom. The number of halogens is 2. The summed E-state index contributed by atoms with van der Waals surface area (Å²) in [6.07, 6.45) is 0.393. The number of urea groups is 1. The molecule has 0 aliphatic carbocycles. The molecule has 0 saturated carbocycles. The number of rotatable bonds is 7. The number of aliphatic hydroxyl groups is 1. The Hall–Kier alpha value is -2.52. The van der Waals surface area contributed by atoms with Crippen LogP contribution < -0.4 is 10.6 Å². The van der Waals surface area contributed by atoms with Crippen LogP contribution >= 0.6 is 0 Å². The first-order chi connectivity index (χ1) is 12.3. The first-order valence-electron chi connectivity index (χ1n) is 7.67. The molecule has 0 bridgehead atoms. The summed E-state index contributed by atoms with van der Waals surface area (Å²) in [6, 6.07) is 12.5. The summed E-state index contributed by atoms with van der Waals surface area (Å²) < 4.78 is 48.2.